The van der Waals surface area contributed by atoms with E-state index in [1.54, 1.807) is 0 Å². The number of nitrogens with one attached hydrogen (secondary N) is 3. The first-order chi connectivity index (χ1) is 18.1. The van der Waals surface area contributed by atoms with Gasteiger partial charge in [0.15, 0.2) is 5.11 Å². The minimum atomic E-state index is -4.42. The second-order valence-electron chi connectivity index (χ2n) is 8.62. The average molecular weight is 553 g/mol. The summed E-state index contributed by atoms with van der Waals surface area (Å²) in [6.07, 6.45) is -4.42. The van der Waals surface area contributed by atoms with E-state index in [4.69, 9.17) is 12.2 Å². The molecule has 0 aliphatic heterocycles. The monoisotopic (exact) mass is 552 g/mol. The molecule has 3 N–H and O–H groups in total. The van der Waals surface area contributed by atoms with Crippen LogP contribution in [0.5, 0.6) is 0 Å². The van der Waals surface area contributed by atoms with Crippen LogP contribution in [0.3, 0.4) is 0 Å². The molecular weight excluding hydrogens is 513 g/mol. The van der Waals surface area contributed by atoms with Crippen LogP contribution in [0.25, 0.3) is 0 Å². The van der Waals surface area contributed by atoms with Crippen molar-refractivity contribution in [3.05, 3.63) is 54.1 Å². The number of rotatable bonds is 13. The zero-order valence-corrected chi connectivity index (χ0v) is 23.4. The normalized spacial score (nSPS) is 11.3. The van der Waals surface area contributed by atoms with Gasteiger partial charge in [-0.2, -0.15) is 13.2 Å². The van der Waals surface area contributed by atoms with E-state index < -0.39 is 17.8 Å². The molecule has 2 rings (SSSR count). The molecule has 210 valence electrons. The number of thiocarbonyl (C=S) groups is 1. The van der Waals surface area contributed by atoms with E-state index in [1.165, 1.54) is 12.1 Å². The zero-order valence-electron chi connectivity index (χ0n) is 22.6. The van der Waals surface area contributed by atoms with Gasteiger partial charge in [-0.3, -0.25) is 0 Å². The summed E-state index contributed by atoms with van der Waals surface area (Å²) in [5.41, 5.74) is 1.54. The van der Waals surface area contributed by atoms with Gasteiger partial charge in [0.2, 0.25) is 0 Å². The van der Waals surface area contributed by atoms with Gasteiger partial charge in [0.1, 0.15) is 0 Å². The lowest BCUT2D eigenvalue weighted by atomic mass is 10.2. The molecule has 0 saturated carbocycles. The first-order valence-corrected chi connectivity index (χ1v) is 13.4. The number of hydrogen-bond acceptors (Lipinski definition) is 4. The van der Waals surface area contributed by atoms with E-state index in [0.29, 0.717) is 24.7 Å². The number of alkyl halides is 3. The summed E-state index contributed by atoms with van der Waals surface area (Å²) in [6.45, 7) is 14.4. The number of carbonyl (C=O) groups is 1. The number of urea groups is 1. The van der Waals surface area contributed by atoms with Crippen molar-refractivity contribution in [1.82, 2.24) is 15.1 Å². The second kappa shape index (κ2) is 15.4. The fourth-order valence-corrected chi connectivity index (χ4v) is 4.19. The number of amides is 2. The van der Waals surface area contributed by atoms with Gasteiger partial charge in [-0.05, 0) is 87.7 Å². The molecule has 7 nitrogen and oxygen atoms in total. The predicted molar refractivity (Wildman–Crippen MR) is 154 cm³/mol. The largest absolute Gasteiger partial charge is 0.416 e. The Kier molecular flexibility index (Phi) is 12.6. The van der Waals surface area contributed by atoms with Gasteiger partial charge in [0, 0.05) is 56.3 Å². The maximum absolute atomic E-state index is 12.7. The van der Waals surface area contributed by atoms with Gasteiger partial charge in [0.25, 0.3) is 0 Å². The zero-order chi connectivity index (χ0) is 28.1. The Morgan fingerprint density at radius 2 is 1.34 bits per heavy atom. The lowest BCUT2D eigenvalue weighted by Gasteiger charge is -2.29. The third kappa shape index (κ3) is 10.0. The molecule has 0 aliphatic rings. The molecule has 2 aromatic rings. The van der Waals surface area contributed by atoms with Crippen LogP contribution >= 0.6 is 12.2 Å². The summed E-state index contributed by atoms with van der Waals surface area (Å²) in [7, 11) is 0. The highest BCUT2D eigenvalue weighted by Gasteiger charge is 2.30. The number of nitrogens with zero attached hydrogens (tertiary/aromatic N) is 3. The number of likely N-dealkylation sites (N-methyl/N-ethyl adjacent to an activating group) is 1. The number of carbonyl (C=O) groups excluding carboxylic acids is 1. The van der Waals surface area contributed by atoms with Crippen molar-refractivity contribution >= 4 is 40.4 Å². The Balaban J connectivity index is 1.96. The Morgan fingerprint density at radius 1 is 0.789 bits per heavy atom. The van der Waals surface area contributed by atoms with Crippen molar-refractivity contribution in [2.75, 3.05) is 67.9 Å². The molecule has 0 bridgehead atoms. The van der Waals surface area contributed by atoms with Crippen LogP contribution in [0.15, 0.2) is 48.5 Å². The van der Waals surface area contributed by atoms with Gasteiger partial charge in [-0.25, -0.2) is 4.79 Å². The molecule has 38 heavy (non-hydrogen) atoms. The molecule has 0 aliphatic carbocycles. The molecule has 0 atom stereocenters. The van der Waals surface area contributed by atoms with Crippen molar-refractivity contribution in [3.8, 4) is 0 Å². The number of halogens is 3. The first kappa shape index (κ1) is 31.2. The quantitative estimate of drug-likeness (QED) is 0.277. The van der Waals surface area contributed by atoms with Crippen molar-refractivity contribution in [2.24, 2.45) is 0 Å². The number of anilines is 3. The average Bonchev–Trinajstić information content (AvgIpc) is 2.89. The van der Waals surface area contributed by atoms with Crippen LogP contribution in [0.4, 0.5) is 35.0 Å². The summed E-state index contributed by atoms with van der Waals surface area (Å²) in [6, 6.07) is 11.9. The van der Waals surface area contributed by atoms with Crippen molar-refractivity contribution in [3.63, 3.8) is 0 Å². The maximum Gasteiger partial charge on any atom is 0.416 e. The molecule has 0 spiro atoms. The molecule has 0 saturated heterocycles. The third-order valence-corrected chi connectivity index (χ3v) is 6.61. The fourth-order valence-electron chi connectivity index (χ4n) is 3.89. The van der Waals surface area contributed by atoms with Crippen LogP contribution in [0.2, 0.25) is 0 Å². The molecule has 11 heteroatoms. The number of hydrogen-bond donors (Lipinski definition) is 3. The second-order valence-corrected chi connectivity index (χ2v) is 9.01. The van der Waals surface area contributed by atoms with E-state index in [9.17, 15) is 18.0 Å². The van der Waals surface area contributed by atoms with Crippen LogP contribution < -0.4 is 20.9 Å². The minimum absolute atomic E-state index is 0.277. The summed E-state index contributed by atoms with van der Waals surface area (Å²) in [4.78, 5) is 18.9. The fraction of sp³-hybridized carbons (Fsp3) is 0.481. The van der Waals surface area contributed by atoms with Crippen molar-refractivity contribution in [2.45, 2.75) is 33.9 Å². The lowest BCUT2D eigenvalue weighted by molar-refractivity contribution is -0.137. The lowest BCUT2D eigenvalue weighted by Crippen LogP contribution is -2.45. The molecule has 2 aromatic carbocycles. The first-order valence-electron chi connectivity index (χ1n) is 13.0. The highest BCUT2D eigenvalue weighted by atomic mass is 32.1. The highest BCUT2D eigenvalue weighted by Crippen LogP contribution is 2.29. The maximum atomic E-state index is 12.7. The van der Waals surface area contributed by atoms with Crippen LogP contribution in [0.1, 0.15) is 33.3 Å². The Hall–Kier alpha value is -3.05. The summed E-state index contributed by atoms with van der Waals surface area (Å²) in [5.74, 6) is 0. The number of benzene rings is 2. The van der Waals surface area contributed by atoms with E-state index in [-0.39, 0.29) is 5.69 Å². The van der Waals surface area contributed by atoms with E-state index in [0.717, 1.165) is 56.2 Å². The van der Waals surface area contributed by atoms with Crippen molar-refractivity contribution < 1.29 is 18.0 Å². The SMILES string of the molecule is CCN(CC)CCN(CCNC(=O)Nc1ccc(C(F)(F)F)cc1)C(=S)Nc1ccc(N(CC)CC)cc1. The summed E-state index contributed by atoms with van der Waals surface area (Å²) >= 11 is 5.70. The third-order valence-electron chi connectivity index (χ3n) is 6.25. The molecule has 2 amide bonds. The highest BCUT2D eigenvalue weighted by molar-refractivity contribution is 7.80. The van der Waals surface area contributed by atoms with Crippen LogP contribution in [-0.4, -0.2) is 73.3 Å². The topological polar surface area (TPSA) is 62.9 Å². The molecule has 0 aromatic heterocycles. The van der Waals surface area contributed by atoms with E-state index >= 15 is 0 Å². The molecule has 0 unspecified atom stereocenters. The Morgan fingerprint density at radius 3 is 1.87 bits per heavy atom. The van der Waals surface area contributed by atoms with Gasteiger partial charge >= 0.3 is 12.2 Å². The molecular formula is C27H39F3N6OS. The Labute approximate surface area is 229 Å². The van der Waals surface area contributed by atoms with Gasteiger partial charge in [0.05, 0.1) is 5.56 Å². The van der Waals surface area contributed by atoms with Gasteiger partial charge in [-0.1, -0.05) is 13.8 Å². The predicted octanol–water partition coefficient (Wildman–Crippen LogP) is 5.71. The van der Waals surface area contributed by atoms with Gasteiger partial charge < -0.3 is 30.7 Å². The van der Waals surface area contributed by atoms with E-state index in [1.807, 2.05) is 17.0 Å². The van der Waals surface area contributed by atoms with Gasteiger partial charge in [-0.15, -0.1) is 0 Å². The summed E-state index contributed by atoms with van der Waals surface area (Å²) in [5, 5.41) is 9.17. The smallest absolute Gasteiger partial charge is 0.372 e. The molecule has 0 fully saturated rings. The van der Waals surface area contributed by atoms with Crippen molar-refractivity contribution in [1.29, 1.82) is 0 Å². The van der Waals surface area contributed by atoms with E-state index in [2.05, 4.69) is 65.6 Å². The Bertz CT molecular complexity index is 993. The van der Waals surface area contributed by atoms with Crippen LogP contribution in [0, 0.1) is 0 Å². The standard InChI is InChI=1S/C27H39F3N6OS/c1-5-34(6-2)19-20-36(26(38)33-23-13-15-24(16-14-23)35(7-3)8-4)18-17-31-25(37)32-22-11-9-21(10-12-22)27(28,29)30/h9-16H,5-8,17-20H2,1-4H3,(H,33,38)(H2,31,32,37). The molecule has 0 heterocycles. The summed E-state index contributed by atoms with van der Waals surface area (Å²) < 4.78 is 38.2. The minimum Gasteiger partial charge on any atom is -0.372 e. The molecule has 0 radical (unpaired) electrons. The van der Waals surface area contributed by atoms with Crippen LogP contribution in [-0.2, 0) is 6.18 Å².